The number of benzene rings is 4. The highest BCUT2D eigenvalue weighted by molar-refractivity contribution is 6.07. The second-order valence-electron chi connectivity index (χ2n) is 10.3. The van der Waals surface area contributed by atoms with E-state index in [-0.39, 0.29) is 12.2 Å². The molecule has 1 fully saturated rings. The molecule has 0 unspecified atom stereocenters. The quantitative estimate of drug-likeness (QED) is 0.212. The number of nitrogens with zero attached hydrogens (tertiary/aromatic N) is 2. The lowest BCUT2D eigenvalue weighted by molar-refractivity contribution is -0.147. The van der Waals surface area contributed by atoms with E-state index in [2.05, 4.69) is 119 Å². The second kappa shape index (κ2) is 10.6. The predicted molar refractivity (Wildman–Crippen MR) is 154 cm³/mol. The molecule has 2 heterocycles. The third-order valence-electron chi connectivity index (χ3n) is 7.17. The van der Waals surface area contributed by atoms with Gasteiger partial charge in [0.05, 0.1) is 32.4 Å². The van der Waals surface area contributed by atoms with Crippen molar-refractivity contribution in [3.05, 3.63) is 109 Å². The van der Waals surface area contributed by atoms with Crippen LogP contribution in [-0.2, 0) is 20.8 Å². The number of hydrogen-bond acceptors (Lipinski definition) is 4. The van der Waals surface area contributed by atoms with E-state index in [0.717, 1.165) is 11.4 Å². The van der Waals surface area contributed by atoms with E-state index in [9.17, 15) is 0 Å². The van der Waals surface area contributed by atoms with Gasteiger partial charge in [-0.25, -0.2) is 0 Å². The third-order valence-corrected chi connectivity index (χ3v) is 7.17. The first-order valence-corrected chi connectivity index (χ1v) is 13.3. The topological polar surface area (TPSA) is 35.9 Å². The standard InChI is InChI=1S/C33H34N2O3/c1-33(2)37-24-28(38-33)23-36-27(21-34(25-13-5-3-6-14-25)26-15-7-4-8-16-26)22-35-31-19-11-9-17-29(31)30-18-10-12-20-32(30)35/h3-20,27-28H,21-24H2,1-2H3/t27-,28-/m1/s1. The Morgan fingerprint density at radius 3 is 1.84 bits per heavy atom. The number of anilines is 2. The Labute approximate surface area is 224 Å². The fourth-order valence-electron chi connectivity index (χ4n) is 5.43. The molecule has 0 amide bonds. The van der Waals surface area contributed by atoms with Crippen LogP contribution in [-0.4, -0.2) is 42.3 Å². The van der Waals surface area contributed by atoms with Gasteiger partial charge in [0.1, 0.15) is 6.10 Å². The van der Waals surface area contributed by atoms with E-state index in [1.807, 2.05) is 13.8 Å². The molecule has 194 valence electrons. The number of rotatable bonds is 9. The molecule has 1 aromatic heterocycles. The van der Waals surface area contributed by atoms with Gasteiger partial charge >= 0.3 is 0 Å². The van der Waals surface area contributed by atoms with Crippen LogP contribution in [0, 0.1) is 0 Å². The van der Waals surface area contributed by atoms with Gasteiger partial charge in [-0.2, -0.15) is 0 Å². The highest BCUT2D eigenvalue weighted by Crippen LogP contribution is 2.31. The van der Waals surface area contributed by atoms with Crippen LogP contribution in [0.25, 0.3) is 21.8 Å². The Kier molecular flexibility index (Phi) is 6.90. The first-order valence-electron chi connectivity index (χ1n) is 13.3. The van der Waals surface area contributed by atoms with Gasteiger partial charge in [-0.1, -0.05) is 72.8 Å². The van der Waals surface area contributed by atoms with E-state index >= 15 is 0 Å². The number of ether oxygens (including phenoxy) is 3. The number of para-hydroxylation sites is 4. The van der Waals surface area contributed by atoms with Gasteiger partial charge in [0, 0.05) is 33.2 Å². The van der Waals surface area contributed by atoms with Crippen molar-refractivity contribution in [3.8, 4) is 0 Å². The van der Waals surface area contributed by atoms with E-state index in [4.69, 9.17) is 14.2 Å². The molecule has 6 rings (SSSR count). The molecule has 5 heteroatoms. The highest BCUT2D eigenvalue weighted by Gasteiger charge is 2.33. The van der Waals surface area contributed by atoms with Crippen molar-refractivity contribution >= 4 is 33.2 Å². The van der Waals surface area contributed by atoms with Crippen LogP contribution in [0.1, 0.15) is 13.8 Å². The summed E-state index contributed by atoms with van der Waals surface area (Å²) >= 11 is 0. The Balaban J connectivity index is 1.36. The Hall–Kier alpha value is -3.64. The van der Waals surface area contributed by atoms with Crippen LogP contribution in [0.3, 0.4) is 0 Å². The van der Waals surface area contributed by atoms with Gasteiger partial charge in [0.25, 0.3) is 0 Å². The molecule has 0 N–H and O–H groups in total. The van der Waals surface area contributed by atoms with Gasteiger partial charge in [-0.05, 0) is 50.2 Å². The van der Waals surface area contributed by atoms with Crippen molar-refractivity contribution in [2.75, 3.05) is 24.7 Å². The summed E-state index contributed by atoms with van der Waals surface area (Å²) in [5, 5.41) is 2.53. The zero-order chi connectivity index (χ0) is 26.0. The molecule has 0 aliphatic carbocycles. The largest absolute Gasteiger partial charge is 0.372 e. The number of hydrogen-bond donors (Lipinski definition) is 0. The maximum Gasteiger partial charge on any atom is 0.163 e. The summed E-state index contributed by atoms with van der Waals surface area (Å²) < 4.78 is 21.0. The number of aromatic nitrogens is 1. The highest BCUT2D eigenvalue weighted by atomic mass is 16.7. The molecule has 0 bridgehead atoms. The lowest BCUT2D eigenvalue weighted by Crippen LogP contribution is -2.36. The molecule has 5 nitrogen and oxygen atoms in total. The van der Waals surface area contributed by atoms with Crippen molar-refractivity contribution in [3.63, 3.8) is 0 Å². The van der Waals surface area contributed by atoms with E-state index in [1.54, 1.807) is 0 Å². The van der Waals surface area contributed by atoms with Crippen molar-refractivity contribution in [2.45, 2.75) is 38.4 Å². The third kappa shape index (κ3) is 5.18. The van der Waals surface area contributed by atoms with Crippen molar-refractivity contribution in [2.24, 2.45) is 0 Å². The minimum atomic E-state index is -0.573. The van der Waals surface area contributed by atoms with Crippen molar-refractivity contribution < 1.29 is 14.2 Å². The van der Waals surface area contributed by atoms with E-state index < -0.39 is 5.79 Å². The summed E-state index contributed by atoms with van der Waals surface area (Å²) in [6.07, 6.45) is -0.200. The van der Waals surface area contributed by atoms with Crippen molar-refractivity contribution in [1.82, 2.24) is 4.57 Å². The summed E-state index contributed by atoms with van der Waals surface area (Å²) in [5.74, 6) is -0.573. The fraction of sp³-hybridized carbons (Fsp3) is 0.273. The zero-order valence-corrected chi connectivity index (χ0v) is 22.0. The van der Waals surface area contributed by atoms with Crippen LogP contribution in [0.15, 0.2) is 109 Å². The average molecular weight is 507 g/mol. The molecule has 1 aliphatic heterocycles. The summed E-state index contributed by atoms with van der Waals surface area (Å²) in [6.45, 7) is 6.32. The fourth-order valence-corrected chi connectivity index (χ4v) is 5.43. The van der Waals surface area contributed by atoms with Crippen LogP contribution in [0.5, 0.6) is 0 Å². The lowest BCUT2D eigenvalue weighted by Gasteiger charge is -2.31. The summed E-state index contributed by atoms with van der Waals surface area (Å²) in [6, 6.07) is 38.3. The zero-order valence-electron chi connectivity index (χ0n) is 22.0. The molecule has 38 heavy (non-hydrogen) atoms. The summed E-state index contributed by atoms with van der Waals surface area (Å²) in [5.41, 5.74) is 4.71. The number of fused-ring (bicyclic) bond motifs is 3. The van der Waals surface area contributed by atoms with Gasteiger partial charge in [-0.3, -0.25) is 0 Å². The van der Waals surface area contributed by atoms with Gasteiger partial charge in [0.2, 0.25) is 0 Å². The van der Waals surface area contributed by atoms with E-state index in [0.29, 0.717) is 26.3 Å². The van der Waals surface area contributed by atoms with Crippen molar-refractivity contribution in [1.29, 1.82) is 0 Å². The average Bonchev–Trinajstić information content (AvgIpc) is 3.47. The molecule has 2 atom stereocenters. The van der Waals surface area contributed by atoms with Gasteiger partial charge in [0.15, 0.2) is 5.79 Å². The van der Waals surface area contributed by atoms with Gasteiger partial charge < -0.3 is 23.7 Å². The van der Waals surface area contributed by atoms with Crippen LogP contribution in [0.2, 0.25) is 0 Å². The molecule has 0 spiro atoms. The van der Waals surface area contributed by atoms with Crippen LogP contribution in [0.4, 0.5) is 11.4 Å². The molecule has 4 aromatic carbocycles. The minimum absolute atomic E-state index is 0.0902. The SMILES string of the molecule is CC1(C)OC[C@@H](CO[C@H](CN(c2ccccc2)c2ccccc2)Cn2c3ccccc3c3ccccc32)O1. The molecular formula is C33H34N2O3. The molecule has 1 saturated heterocycles. The molecular weight excluding hydrogens is 472 g/mol. The monoisotopic (exact) mass is 506 g/mol. The normalized spacial score (nSPS) is 17.7. The Morgan fingerprint density at radius 2 is 1.32 bits per heavy atom. The maximum absolute atomic E-state index is 6.70. The first-order chi connectivity index (χ1) is 18.6. The molecule has 0 saturated carbocycles. The van der Waals surface area contributed by atoms with Crippen LogP contribution < -0.4 is 4.90 Å². The van der Waals surface area contributed by atoms with Gasteiger partial charge in [-0.15, -0.1) is 0 Å². The molecule has 0 radical (unpaired) electrons. The smallest absolute Gasteiger partial charge is 0.163 e. The molecule has 1 aliphatic rings. The summed E-state index contributed by atoms with van der Waals surface area (Å²) in [7, 11) is 0. The van der Waals surface area contributed by atoms with E-state index in [1.165, 1.54) is 21.8 Å². The predicted octanol–water partition coefficient (Wildman–Crippen LogP) is 7.17. The second-order valence-corrected chi connectivity index (χ2v) is 10.3. The lowest BCUT2D eigenvalue weighted by atomic mass is 10.2. The Morgan fingerprint density at radius 1 is 0.789 bits per heavy atom. The Bertz CT molecular complexity index is 1400. The first kappa shape index (κ1) is 24.7. The minimum Gasteiger partial charge on any atom is -0.372 e. The van der Waals surface area contributed by atoms with Crippen LogP contribution >= 0.6 is 0 Å². The summed E-state index contributed by atoms with van der Waals surface area (Å²) in [4.78, 5) is 2.34. The molecule has 5 aromatic rings. The maximum atomic E-state index is 6.70.